The molecule has 98 valence electrons. The highest BCUT2D eigenvalue weighted by Crippen LogP contribution is 2.29. The summed E-state index contributed by atoms with van der Waals surface area (Å²) in [6, 6.07) is 0.620. The SMILES string of the molecule is CC1CCCC(Nc2ncnc3c2CCC3)CC1. The number of nitrogens with one attached hydrogen (secondary N) is 1. The minimum Gasteiger partial charge on any atom is -0.367 e. The molecule has 0 bridgehead atoms. The van der Waals surface area contributed by atoms with Crippen LogP contribution >= 0.6 is 0 Å². The maximum Gasteiger partial charge on any atom is 0.133 e. The molecular formula is C15H23N3. The molecule has 3 nitrogen and oxygen atoms in total. The molecule has 0 radical (unpaired) electrons. The van der Waals surface area contributed by atoms with Crippen molar-refractivity contribution in [1.29, 1.82) is 0 Å². The van der Waals surface area contributed by atoms with Crippen molar-refractivity contribution < 1.29 is 0 Å². The van der Waals surface area contributed by atoms with Crippen LogP contribution in [0.5, 0.6) is 0 Å². The van der Waals surface area contributed by atoms with E-state index >= 15 is 0 Å². The largest absolute Gasteiger partial charge is 0.367 e. The lowest BCUT2D eigenvalue weighted by Crippen LogP contribution is -2.20. The molecule has 1 N–H and O–H groups in total. The number of anilines is 1. The van der Waals surface area contributed by atoms with Crippen LogP contribution in [0.2, 0.25) is 0 Å². The van der Waals surface area contributed by atoms with E-state index in [2.05, 4.69) is 22.2 Å². The second kappa shape index (κ2) is 5.25. The van der Waals surface area contributed by atoms with E-state index in [1.165, 1.54) is 49.8 Å². The van der Waals surface area contributed by atoms with Crippen molar-refractivity contribution in [1.82, 2.24) is 9.97 Å². The van der Waals surface area contributed by atoms with Crippen LogP contribution in [0.4, 0.5) is 5.82 Å². The summed E-state index contributed by atoms with van der Waals surface area (Å²) < 4.78 is 0. The fourth-order valence-corrected chi connectivity index (χ4v) is 3.31. The van der Waals surface area contributed by atoms with Crippen LogP contribution in [-0.2, 0) is 12.8 Å². The average molecular weight is 245 g/mol. The Labute approximate surface area is 109 Å². The van der Waals surface area contributed by atoms with E-state index in [1.54, 1.807) is 6.33 Å². The van der Waals surface area contributed by atoms with Crippen molar-refractivity contribution in [2.45, 2.75) is 64.3 Å². The summed E-state index contributed by atoms with van der Waals surface area (Å²) in [6.45, 7) is 2.38. The summed E-state index contributed by atoms with van der Waals surface area (Å²) in [5.41, 5.74) is 2.66. The van der Waals surface area contributed by atoms with Gasteiger partial charge in [-0.05, 0) is 44.4 Å². The lowest BCUT2D eigenvalue weighted by molar-refractivity contribution is 0.501. The van der Waals surface area contributed by atoms with E-state index < -0.39 is 0 Å². The van der Waals surface area contributed by atoms with Gasteiger partial charge in [-0.2, -0.15) is 0 Å². The predicted octanol–water partition coefficient (Wildman–Crippen LogP) is 3.35. The Bertz CT molecular complexity index is 416. The molecule has 3 heteroatoms. The van der Waals surface area contributed by atoms with E-state index in [0.717, 1.165) is 24.6 Å². The van der Waals surface area contributed by atoms with Gasteiger partial charge in [0, 0.05) is 17.3 Å². The van der Waals surface area contributed by atoms with E-state index in [1.807, 2.05) is 0 Å². The van der Waals surface area contributed by atoms with E-state index in [9.17, 15) is 0 Å². The zero-order chi connectivity index (χ0) is 12.4. The summed E-state index contributed by atoms with van der Waals surface area (Å²) in [5, 5.41) is 3.69. The molecule has 0 amide bonds. The monoisotopic (exact) mass is 245 g/mol. The van der Waals surface area contributed by atoms with Crippen LogP contribution in [0.15, 0.2) is 6.33 Å². The predicted molar refractivity (Wildman–Crippen MR) is 73.7 cm³/mol. The molecule has 1 heterocycles. The Morgan fingerprint density at radius 3 is 2.94 bits per heavy atom. The quantitative estimate of drug-likeness (QED) is 0.812. The molecule has 1 fully saturated rings. The van der Waals surface area contributed by atoms with Crippen molar-refractivity contribution in [2.75, 3.05) is 5.32 Å². The minimum atomic E-state index is 0.620. The van der Waals surface area contributed by atoms with Gasteiger partial charge in [-0.3, -0.25) is 0 Å². The number of hydrogen-bond acceptors (Lipinski definition) is 3. The van der Waals surface area contributed by atoms with Crippen LogP contribution in [0.1, 0.15) is 56.7 Å². The number of aromatic nitrogens is 2. The van der Waals surface area contributed by atoms with Crippen LogP contribution in [0, 0.1) is 5.92 Å². The first kappa shape index (κ1) is 11.9. The van der Waals surface area contributed by atoms with Gasteiger partial charge in [0.2, 0.25) is 0 Å². The van der Waals surface area contributed by atoms with Crippen molar-refractivity contribution in [3.05, 3.63) is 17.6 Å². The standard InChI is InChI=1S/C15H23N3/c1-11-4-2-5-12(9-8-11)18-15-13-6-3-7-14(13)16-10-17-15/h10-12H,2-9H2,1H3,(H,16,17,18). The number of nitrogens with zero attached hydrogens (tertiary/aromatic N) is 2. The zero-order valence-electron chi connectivity index (χ0n) is 11.3. The molecule has 2 aliphatic carbocycles. The van der Waals surface area contributed by atoms with Crippen molar-refractivity contribution in [3.8, 4) is 0 Å². The van der Waals surface area contributed by atoms with Crippen molar-refractivity contribution in [2.24, 2.45) is 5.92 Å². The molecule has 0 saturated heterocycles. The molecule has 18 heavy (non-hydrogen) atoms. The maximum absolute atomic E-state index is 4.47. The van der Waals surface area contributed by atoms with Gasteiger partial charge < -0.3 is 5.32 Å². The zero-order valence-corrected chi connectivity index (χ0v) is 11.3. The lowest BCUT2D eigenvalue weighted by atomic mass is 10.0. The average Bonchev–Trinajstić information content (AvgIpc) is 2.76. The van der Waals surface area contributed by atoms with Crippen LogP contribution in [0.25, 0.3) is 0 Å². The molecule has 1 aromatic rings. The highest BCUT2D eigenvalue weighted by molar-refractivity contribution is 5.48. The van der Waals surface area contributed by atoms with Gasteiger partial charge >= 0.3 is 0 Å². The van der Waals surface area contributed by atoms with E-state index in [0.29, 0.717) is 6.04 Å². The van der Waals surface area contributed by atoms with Crippen LogP contribution in [0.3, 0.4) is 0 Å². The van der Waals surface area contributed by atoms with Gasteiger partial charge in [-0.1, -0.05) is 19.8 Å². The summed E-state index contributed by atoms with van der Waals surface area (Å²) in [4.78, 5) is 8.86. The van der Waals surface area contributed by atoms with E-state index in [4.69, 9.17) is 0 Å². The van der Waals surface area contributed by atoms with E-state index in [-0.39, 0.29) is 0 Å². The molecule has 0 aliphatic heterocycles. The number of fused-ring (bicyclic) bond motifs is 1. The van der Waals surface area contributed by atoms with Gasteiger partial charge in [-0.15, -0.1) is 0 Å². The third kappa shape index (κ3) is 2.50. The van der Waals surface area contributed by atoms with Gasteiger partial charge in [0.05, 0.1) is 0 Å². The molecule has 0 aromatic carbocycles. The fourth-order valence-electron chi connectivity index (χ4n) is 3.31. The Hall–Kier alpha value is -1.12. The lowest BCUT2D eigenvalue weighted by Gasteiger charge is -2.18. The smallest absolute Gasteiger partial charge is 0.133 e. The number of aryl methyl sites for hydroxylation is 1. The molecule has 2 aliphatic rings. The van der Waals surface area contributed by atoms with Gasteiger partial charge in [0.15, 0.2) is 0 Å². The highest BCUT2D eigenvalue weighted by Gasteiger charge is 2.21. The van der Waals surface area contributed by atoms with Crippen LogP contribution < -0.4 is 5.32 Å². The van der Waals surface area contributed by atoms with Crippen molar-refractivity contribution in [3.63, 3.8) is 0 Å². The second-order valence-corrected chi connectivity index (χ2v) is 5.96. The van der Waals surface area contributed by atoms with Crippen LogP contribution in [-0.4, -0.2) is 16.0 Å². The first-order valence-corrected chi connectivity index (χ1v) is 7.42. The highest BCUT2D eigenvalue weighted by atomic mass is 15.0. The Morgan fingerprint density at radius 1 is 1.06 bits per heavy atom. The molecule has 2 unspecified atom stereocenters. The number of rotatable bonds is 2. The van der Waals surface area contributed by atoms with Gasteiger partial charge in [0.1, 0.15) is 12.1 Å². The summed E-state index contributed by atoms with van der Waals surface area (Å²) in [5.74, 6) is 2.02. The Morgan fingerprint density at radius 2 is 2.00 bits per heavy atom. The fraction of sp³-hybridized carbons (Fsp3) is 0.733. The first-order valence-electron chi connectivity index (χ1n) is 7.42. The third-order valence-electron chi connectivity index (χ3n) is 4.47. The van der Waals surface area contributed by atoms with Crippen molar-refractivity contribution >= 4 is 5.82 Å². The first-order chi connectivity index (χ1) is 8.83. The molecule has 2 atom stereocenters. The Balaban J connectivity index is 1.71. The maximum atomic E-state index is 4.47. The normalized spacial score (nSPS) is 27.6. The Kier molecular flexibility index (Phi) is 3.48. The number of hydrogen-bond donors (Lipinski definition) is 1. The molecule has 3 rings (SSSR count). The van der Waals surface area contributed by atoms with Gasteiger partial charge in [-0.25, -0.2) is 9.97 Å². The summed E-state index contributed by atoms with van der Waals surface area (Å²) in [7, 11) is 0. The topological polar surface area (TPSA) is 37.8 Å². The second-order valence-electron chi connectivity index (χ2n) is 5.96. The minimum absolute atomic E-state index is 0.620. The summed E-state index contributed by atoms with van der Waals surface area (Å²) >= 11 is 0. The third-order valence-corrected chi connectivity index (χ3v) is 4.47. The molecular weight excluding hydrogens is 222 g/mol. The molecule has 1 aromatic heterocycles. The molecule has 0 spiro atoms. The van der Waals surface area contributed by atoms with Gasteiger partial charge in [0.25, 0.3) is 0 Å². The summed E-state index contributed by atoms with van der Waals surface area (Å²) in [6.07, 6.45) is 11.9. The molecule has 1 saturated carbocycles.